The maximum Gasteiger partial charge on any atom is 0.321 e. The molecule has 2 heterocycles. The quantitative estimate of drug-likeness (QED) is 0.351. The highest BCUT2D eigenvalue weighted by Crippen LogP contribution is 2.35. The van der Waals surface area contributed by atoms with E-state index < -0.39 is 28.1 Å². The topological polar surface area (TPSA) is 147 Å². The van der Waals surface area contributed by atoms with Crippen LogP contribution in [0.1, 0.15) is 24.2 Å². The van der Waals surface area contributed by atoms with Crippen LogP contribution in [0.25, 0.3) is 0 Å². The van der Waals surface area contributed by atoms with E-state index in [9.17, 15) is 23.1 Å². The second-order valence-corrected chi connectivity index (χ2v) is 12.3. The summed E-state index contributed by atoms with van der Waals surface area (Å²) in [7, 11) is -2.27. The van der Waals surface area contributed by atoms with Gasteiger partial charge in [0.1, 0.15) is 11.9 Å². The Kier molecular flexibility index (Phi) is 8.64. The van der Waals surface area contributed by atoms with Crippen molar-refractivity contribution < 1.29 is 37.3 Å². The number of benzene rings is 3. The molecule has 228 valence electrons. The van der Waals surface area contributed by atoms with Gasteiger partial charge in [0.25, 0.3) is 15.9 Å². The number of rotatable bonds is 8. The summed E-state index contributed by atoms with van der Waals surface area (Å²) >= 11 is 0. The standard InChI is InChI=1S/C30H34N4O8S/c1-19-15-34(20(2)17-35)29(36)24-13-22(32-43(38,39)23-7-5-4-6-8-23)10-11-25(24)42-28(19)16-33(3)30(37)31-21-9-12-26-27(14-21)41-18-40-26/h4-14,19-20,28,32,35H,15-18H2,1-3H3,(H,31,37)/t19-,20-,28-/m1/s1. The predicted octanol–water partition coefficient (Wildman–Crippen LogP) is 3.60. The van der Waals surface area contributed by atoms with Gasteiger partial charge in [0.15, 0.2) is 11.5 Å². The first-order chi connectivity index (χ1) is 20.6. The highest BCUT2D eigenvalue weighted by atomic mass is 32.2. The molecule has 0 fully saturated rings. The van der Waals surface area contributed by atoms with Gasteiger partial charge in [-0.3, -0.25) is 9.52 Å². The third kappa shape index (κ3) is 6.62. The molecule has 3 N–H and O–H groups in total. The zero-order chi connectivity index (χ0) is 30.7. The Morgan fingerprint density at radius 1 is 1.05 bits per heavy atom. The molecular weight excluding hydrogens is 576 g/mol. The van der Waals surface area contributed by atoms with Crippen molar-refractivity contribution in [2.45, 2.75) is 30.9 Å². The van der Waals surface area contributed by atoms with Crippen molar-refractivity contribution in [2.75, 3.05) is 43.6 Å². The van der Waals surface area contributed by atoms with Gasteiger partial charge in [-0.25, -0.2) is 13.2 Å². The summed E-state index contributed by atoms with van der Waals surface area (Å²) in [4.78, 5) is 29.9. The zero-order valence-corrected chi connectivity index (χ0v) is 24.8. The van der Waals surface area contributed by atoms with Crippen LogP contribution in [-0.4, -0.2) is 80.9 Å². The van der Waals surface area contributed by atoms with Crippen LogP contribution >= 0.6 is 0 Å². The maximum atomic E-state index is 13.7. The number of aliphatic hydroxyl groups is 1. The van der Waals surface area contributed by atoms with Gasteiger partial charge in [-0.1, -0.05) is 25.1 Å². The number of hydrogen-bond acceptors (Lipinski definition) is 8. The Hall–Kier alpha value is -4.49. The molecule has 2 aliphatic heterocycles. The number of sulfonamides is 1. The Balaban J connectivity index is 1.38. The van der Waals surface area contributed by atoms with Gasteiger partial charge >= 0.3 is 6.03 Å². The minimum absolute atomic E-state index is 0.0794. The second-order valence-electron chi connectivity index (χ2n) is 10.6. The number of fused-ring (bicyclic) bond motifs is 2. The first kappa shape index (κ1) is 30.0. The molecule has 3 aromatic rings. The Morgan fingerprint density at radius 2 is 1.74 bits per heavy atom. The summed E-state index contributed by atoms with van der Waals surface area (Å²) in [5.41, 5.74) is 0.858. The van der Waals surface area contributed by atoms with Crippen LogP contribution in [0.3, 0.4) is 0 Å². The van der Waals surface area contributed by atoms with Crippen LogP contribution in [-0.2, 0) is 10.0 Å². The Bertz CT molecular complexity index is 1600. The number of nitrogens with zero attached hydrogens (tertiary/aromatic N) is 2. The fourth-order valence-electron chi connectivity index (χ4n) is 4.86. The maximum absolute atomic E-state index is 13.7. The molecular formula is C30H34N4O8S. The normalized spacial score (nSPS) is 18.5. The number of hydrogen-bond donors (Lipinski definition) is 3. The lowest BCUT2D eigenvalue weighted by Gasteiger charge is -2.38. The molecule has 0 unspecified atom stereocenters. The largest absolute Gasteiger partial charge is 0.487 e. The lowest BCUT2D eigenvalue weighted by molar-refractivity contribution is 0.0371. The summed E-state index contributed by atoms with van der Waals surface area (Å²) in [6.07, 6.45) is -0.542. The van der Waals surface area contributed by atoms with E-state index in [4.69, 9.17) is 14.2 Å². The smallest absolute Gasteiger partial charge is 0.321 e. The number of anilines is 2. The fraction of sp³-hybridized carbons (Fsp3) is 0.333. The number of ether oxygens (including phenoxy) is 3. The summed E-state index contributed by atoms with van der Waals surface area (Å²) in [5, 5.41) is 12.8. The molecule has 0 saturated heterocycles. The molecule has 13 heteroatoms. The van der Waals surface area contributed by atoms with Crippen molar-refractivity contribution in [1.82, 2.24) is 9.80 Å². The van der Waals surface area contributed by atoms with E-state index in [0.29, 0.717) is 17.2 Å². The van der Waals surface area contributed by atoms with Crippen LogP contribution < -0.4 is 24.2 Å². The van der Waals surface area contributed by atoms with Gasteiger partial charge in [-0.15, -0.1) is 0 Å². The first-order valence-corrected chi connectivity index (χ1v) is 15.3. The van der Waals surface area contributed by atoms with E-state index in [-0.39, 0.29) is 60.3 Å². The molecule has 3 atom stereocenters. The van der Waals surface area contributed by atoms with Crippen molar-refractivity contribution in [2.24, 2.45) is 5.92 Å². The third-order valence-corrected chi connectivity index (χ3v) is 8.79. The molecule has 0 spiro atoms. The lowest BCUT2D eigenvalue weighted by atomic mass is 9.99. The van der Waals surface area contributed by atoms with E-state index in [1.165, 1.54) is 35.2 Å². The van der Waals surface area contributed by atoms with E-state index in [1.807, 2.05) is 6.92 Å². The minimum atomic E-state index is -3.90. The van der Waals surface area contributed by atoms with Crippen LogP contribution in [0.5, 0.6) is 17.2 Å². The molecule has 0 saturated carbocycles. The lowest BCUT2D eigenvalue weighted by Crippen LogP contribution is -2.50. The van der Waals surface area contributed by atoms with E-state index in [1.54, 1.807) is 55.3 Å². The number of carbonyl (C=O) groups excluding carboxylic acids is 2. The second kappa shape index (κ2) is 12.4. The molecule has 3 aromatic carbocycles. The van der Waals surface area contributed by atoms with Crippen LogP contribution in [0.4, 0.5) is 16.2 Å². The monoisotopic (exact) mass is 610 g/mol. The fourth-order valence-corrected chi connectivity index (χ4v) is 5.93. The first-order valence-electron chi connectivity index (χ1n) is 13.8. The summed E-state index contributed by atoms with van der Waals surface area (Å²) < 4.78 is 45.4. The van der Waals surface area contributed by atoms with E-state index >= 15 is 0 Å². The van der Waals surface area contributed by atoms with Gasteiger partial charge in [0.2, 0.25) is 6.79 Å². The highest BCUT2D eigenvalue weighted by molar-refractivity contribution is 7.92. The van der Waals surface area contributed by atoms with Gasteiger partial charge in [0.05, 0.1) is 29.7 Å². The average molecular weight is 611 g/mol. The molecule has 0 aliphatic carbocycles. The molecule has 12 nitrogen and oxygen atoms in total. The Morgan fingerprint density at radius 3 is 2.49 bits per heavy atom. The summed E-state index contributed by atoms with van der Waals surface area (Å²) in [5.74, 6) is 0.750. The SMILES string of the molecule is C[C@@H]1CN([C@H](C)CO)C(=O)c2cc(NS(=O)(=O)c3ccccc3)ccc2O[C@@H]1CN(C)C(=O)Nc1ccc2c(c1)OCO2. The van der Waals surface area contributed by atoms with E-state index in [0.717, 1.165) is 0 Å². The molecule has 0 aromatic heterocycles. The zero-order valence-electron chi connectivity index (χ0n) is 24.0. The molecule has 43 heavy (non-hydrogen) atoms. The number of carbonyl (C=O) groups is 2. The van der Waals surface area contributed by atoms with Gasteiger partial charge in [0, 0.05) is 37.0 Å². The number of urea groups is 1. The average Bonchev–Trinajstić information content (AvgIpc) is 3.47. The molecule has 0 radical (unpaired) electrons. The summed E-state index contributed by atoms with van der Waals surface area (Å²) in [6.45, 7) is 3.91. The van der Waals surface area contributed by atoms with Gasteiger partial charge < -0.3 is 34.4 Å². The molecule has 0 bridgehead atoms. The number of aliphatic hydroxyl groups excluding tert-OH is 1. The van der Waals surface area contributed by atoms with Crippen molar-refractivity contribution in [3.8, 4) is 17.2 Å². The predicted molar refractivity (Wildman–Crippen MR) is 159 cm³/mol. The van der Waals surface area contributed by atoms with Gasteiger partial charge in [-0.05, 0) is 49.4 Å². The van der Waals surface area contributed by atoms with Crippen molar-refractivity contribution in [3.63, 3.8) is 0 Å². The highest BCUT2D eigenvalue weighted by Gasteiger charge is 2.34. The van der Waals surface area contributed by atoms with Crippen molar-refractivity contribution in [3.05, 3.63) is 72.3 Å². The van der Waals surface area contributed by atoms with Crippen molar-refractivity contribution in [1.29, 1.82) is 0 Å². The summed E-state index contributed by atoms with van der Waals surface area (Å²) in [6, 6.07) is 16.6. The van der Waals surface area contributed by atoms with E-state index in [2.05, 4.69) is 10.0 Å². The molecule has 5 rings (SSSR count). The third-order valence-electron chi connectivity index (χ3n) is 7.39. The number of amides is 3. The van der Waals surface area contributed by atoms with Crippen LogP contribution in [0, 0.1) is 5.92 Å². The van der Waals surface area contributed by atoms with Crippen LogP contribution in [0.2, 0.25) is 0 Å². The van der Waals surface area contributed by atoms with Crippen molar-refractivity contribution >= 4 is 33.3 Å². The number of nitrogens with one attached hydrogen (secondary N) is 2. The number of likely N-dealkylation sites (N-methyl/N-ethyl adjacent to an activating group) is 1. The van der Waals surface area contributed by atoms with Crippen LogP contribution in [0.15, 0.2) is 71.6 Å². The molecule has 2 aliphatic rings. The Labute approximate surface area is 250 Å². The minimum Gasteiger partial charge on any atom is -0.487 e. The van der Waals surface area contributed by atoms with Gasteiger partial charge in [-0.2, -0.15) is 0 Å². The molecule has 3 amide bonds.